The van der Waals surface area contributed by atoms with Crippen molar-refractivity contribution < 1.29 is 29.3 Å². The van der Waals surface area contributed by atoms with Crippen LogP contribution in [0.25, 0.3) is 0 Å². The van der Waals surface area contributed by atoms with Gasteiger partial charge in [-0.3, -0.25) is 4.79 Å². The summed E-state index contributed by atoms with van der Waals surface area (Å²) in [5.41, 5.74) is -0.0403. The normalized spacial score (nSPS) is 27.3. The summed E-state index contributed by atoms with van der Waals surface area (Å²) in [5, 5.41) is 22.9. The number of aliphatic hydroxyl groups excluding tert-OH is 2. The maximum atomic E-state index is 11.9. The number of nitrogens with one attached hydrogen (secondary N) is 1. The Labute approximate surface area is 136 Å². The fourth-order valence-corrected chi connectivity index (χ4v) is 2.48. The van der Waals surface area contributed by atoms with Gasteiger partial charge in [0.25, 0.3) is 0 Å². The molecule has 0 aromatic carbocycles. The highest BCUT2D eigenvalue weighted by molar-refractivity contribution is 5.90. The molecule has 4 unspecified atom stereocenters. The Morgan fingerprint density at radius 2 is 1.96 bits per heavy atom. The first-order valence-corrected chi connectivity index (χ1v) is 8.06. The number of ether oxygens (including phenoxy) is 2. The third-order valence-corrected chi connectivity index (χ3v) is 3.65. The zero-order valence-electron chi connectivity index (χ0n) is 13.9. The molecule has 1 amide bonds. The molecule has 0 aliphatic heterocycles. The van der Waals surface area contributed by atoms with Crippen molar-refractivity contribution in [1.82, 2.24) is 5.32 Å². The second-order valence-electron chi connectivity index (χ2n) is 5.55. The Balaban J connectivity index is 2.93. The molecule has 0 saturated carbocycles. The van der Waals surface area contributed by atoms with E-state index in [2.05, 4.69) is 12.2 Å². The number of amides is 1. The van der Waals surface area contributed by atoms with E-state index in [1.54, 1.807) is 6.92 Å². The van der Waals surface area contributed by atoms with Crippen LogP contribution in [0.15, 0.2) is 11.6 Å². The number of aliphatic hydroxyl groups is 2. The van der Waals surface area contributed by atoms with Gasteiger partial charge in [-0.05, 0) is 19.4 Å². The maximum Gasteiger partial charge on any atom is 0.336 e. The van der Waals surface area contributed by atoms with E-state index in [9.17, 15) is 19.8 Å². The molecule has 0 aromatic rings. The van der Waals surface area contributed by atoms with Crippen LogP contribution in [0.1, 0.15) is 40.0 Å². The van der Waals surface area contributed by atoms with Gasteiger partial charge in [0.2, 0.25) is 5.91 Å². The molecule has 0 radical (unpaired) electrons. The number of carbonyl (C=O) groups is 2. The molecule has 0 aromatic heterocycles. The summed E-state index contributed by atoms with van der Waals surface area (Å²) in [6, 6.07) is -0.817. The molecule has 7 heteroatoms. The van der Waals surface area contributed by atoms with Crippen molar-refractivity contribution >= 4 is 11.9 Å². The summed E-state index contributed by atoms with van der Waals surface area (Å²) in [6.07, 6.45) is 0.823. The second kappa shape index (κ2) is 9.64. The van der Waals surface area contributed by atoms with Crippen LogP contribution in [0.2, 0.25) is 0 Å². The van der Waals surface area contributed by atoms with E-state index in [4.69, 9.17) is 9.47 Å². The van der Waals surface area contributed by atoms with E-state index in [1.165, 1.54) is 13.0 Å². The minimum absolute atomic E-state index is 0.0403. The average molecular weight is 329 g/mol. The van der Waals surface area contributed by atoms with Crippen molar-refractivity contribution in [3.05, 3.63) is 11.6 Å². The Hall–Kier alpha value is -1.44. The molecule has 1 rings (SSSR count). The first kappa shape index (κ1) is 19.6. The van der Waals surface area contributed by atoms with Crippen LogP contribution in [0.4, 0.5) is 0 Å². The van der Waals surface area contributed by atoms with Gasteiger partial charge in [-0.2, -0.15) is 0 Å². The van der Waals surface area contributed by atoms with Crippen molar-refractivity contribution in [2.24, 2.45) is 0 Å². The number of esters is 1. The summed E-state index contributed by atoms with van der Waals surface area (Å²) < 4.78 is 10.6. The van der Waals surface area contributed by atoms with E-state index in [0.717, 1.165) is 19.3 Å². The minimum atomic E-state index is -1.43. The number of unbranched alkanes of at least 4 members (excludes halogenated alkanes) is 2. The number of hydrogen-bond acceptors (Lipinski definition) is 6. The van der Waals surface area contributed by atoms with Gasteiger partial charge in [0, 0.05) is 13.5 Å². The molecule has 0 saturated heterocycles. The fraction of sp³-hybridized carbons (Fsp3) is 0.750. The Morgan fingerprint density at radius 3 is 2.52 bits per heavy atom. The van der Waals surface area contributed by atoms with Crippen molar-refractivity contribution in [1.29, 1.82) is 0 Å². The Bertz CT molecular complexity index is 436. The van der Waals surface area contributed by atoms with E-state index in [-0.39, 0.29) is 18.1 Å². The van der Waals surface area contributed by atoms with Crippen molar-refractivity contribution in [2.75, 3.05) is 13.2 Å². The van der Waals surface area contributed by atoms with Gasteiger partial charge in [-0.1, -0.05) is 19.8 Å². The SMILES string of the molecule is CCCCCOC1C=C(C(=O)OCC)C(O)C(O)C1NC(C)=O. The topological polar surface area (TPSA) is 105 Å². The molecular weight excluding hydrogens is 302 g/mol. The first-order valence-electron chi connectivity index (χ1n) is 8.06. The van der Waals surface area contributed by atoms with Gasteiger partial charge in [0.05, 0.1) is 24.3 Å². The predicted octanol–water partition coefficient (Wildman–Crippen LogP) is 0.291. The molecule has 0 heterocycles. The first-order chi connectivity index (χ1) is 10.9. The molecule has 3 N–H and O–H groups in total. The summed E-state index contributed by atoms with van der Waals surface area (Å²) in [5.74, 6) is -1.04. The molecule has 7 nitrogen and oxygen atoms in total. The van der Waals surface area contributed by atoms with Crippen LogP contribution in [0.3, 0.4) is 0 Å². The molecule has 23 heavy (non-hydrogen) atoms. The Morgan fingerprint density at radius 1 is 1.26 bits per heavy atom. The zero-order chi connectivity index (χ0) is 17.4. The summed E-state index contributed by atoms with van der Waals surface area (Å²) in [6.45, 7) is 5.64. The lowest BCUT2D eigenvalue weighted by atomic mass is 9.87. The quantitative estimate of drug-likeness (QED) is 0.437. The minimum Gasteiger partial charge on any atom is -0.463 e. The van der Waals surface area contributed by atoms with Gasteiger partial charge >= 0.3 is 5.97 Å². The monoisotopic (exact) mass is 329 g/mol. The second-order valence-corrected chi connectivity index (χ2v) is 5.55. The molecule has 4 atom stereocenters. The van der Waals surface area contributed by atoms with Gasteiger partial charge in [0.1, 0.15) is 12.2 Å². The average Bonchev–Trinajstić information content (AvgIpc) is 2.50. The molecule has 0 spiro atoms. The summed E-state index contributed by atoms with van der Waals surface area (Å²) in [4.78, 5) is 23.2. The van der Waals surface area contributed by atoms with E-state index >= 15 is 0 Å². The smallest absolute Gasteiger partial charge is 0.336 e. The molecule has 0 bridgehead atoms. The Kier molecular flexibility index (Phi) is 8.22. The van der Waals surface area contributed by atoms with Crippen LogP contribution >= 0.6 is 0 Å². The standard InChI is InChI=1S/C16H27NO6/c1-4-6-7-8-23-12-9-11(16(21)22-5-2)14(19)15(20)13(12)17-10(3)18/h9,12-15,19-20H,4-8H2,1-3H3,(H,17,18). The van der Waals surface area contributed by atoms with E-state index in [0.29, 0.717) is 6.61 Å². The van der Waals surface area contributed by atoms with Crippen molar-refractivity contribution in [3.8, 4) is 0 Å². The highest BCUT2D eigenvalue weighted by atomic mass is 16.5. The molecule has 0 fully saturated rings. The van der Waals surface area contributed by atoms with Crippen LogP contribution in [-0.2, 0) is 19.1 Å². The lowest BCUT2D eigenvalue weighted by Crippen LogP contribution is -2.58. The largest absolute Gasteiger partial charge is 0.463 e. The maximum absolute atomic E-state index is 11.9. The van der Waals surface area contributed by atoms with Crippen LogP contribution < -0.4 is 5.32 Å². The summed E-state index contributed by atoms with van der Waals surface area (Å²) in [7, 11) is 0. The number of carbonyl (C=O) groups excluding carboxylic acids is 2. The molecular formula is C16H27NO6. The van der Waals surface area contributed by atoms with Crippen molar-refractivity contribution in [2.45, 2.75) is 64.4 Å². The van der Waals surface area contributed by atoms with Crippen molar-refractivity contribution in [3.63, 3.8) is 0 Å². The molecule has 132 valence electrons. The third-order valence-electron chi connectivity index (χ3n) is 3.65. The van der Waals surface area contributed by atoms with Gasteiger partial charge < -0.3 is 25.0 Å². The fourth-order valence-electron chi connectivity index (χ4n) is 2.48. The predicted molar refractivity (Wildman–Crippen MR) is 83.6 cm³/mol. The third kappa shape index (κ3) is 5.60. The highest BCUT2D eigenvalue weighted by Crippen LogP contribution is 2.24. The number of rotatable bonds is 8. The van der Waals surface area contributed by atoms with Gasteiger partial charge in [-0.25, -0.2) is 4.79 Å². The van der Waals surface area contributed by atoms with Gasteiger partial charge in [-0.15, -0.1) is 0 Å². The number of hydrogen-bond donors (Lipinski definition) is 3. The van der Waals surface area contributed by atoms with E-state index in [1.807, 2.05) is 0 Å². The zero-order valence-corrected chi connectivity index (χ0v) is 13.9. The molecule has 1 aliphatic rings. The summed E-state index contributed by atoms with van der Waals surface area (Å²) >= 11 is 0. The highest BCUT2D eigenvalue weighted by Gasteiger charge is 2.42. The van der Waals surface area contributed by atoms with Crippen LogP contribution in [0, 0.1) is 0 Å². The lowest BCUT2D eigenvalue weighted by Gasteiger charge is -2.37. The van der Waals surface area contributed by atoms with Crippen LogP contribution in [-0.4, -0.2) is 59.7 Å². The molecule has 1 aliphatic carbocycles. The van der Waals surface area contributed by atoms with Gasteiger partial charge in [0.15, 0.2) is 0 Å². The van der Waals surface area contributed by atoms with Crippen LogP contribution in [0.5, 0.6) is 0 Å². The van der Waals surface area contributed by atoms with E-state index < -0.39 is 30.3 Å². The lowest BCUT2D eigenvalue weighted by molar-refractivity contribution is -0.142.